The number of rotatable bonds is 4. The summed E-state index contributed by atoms with van der Waals surface area (Å²) in [5, 5.41) is 3.45. The summed E-state index contributed by atoms with van der Waals surface area (Å²) in [6.07, 6.45) is 0. The van der Waals surface area contributed by atoms with E-state index in [9.17, 15) is 0 Å². The summed E-state index contributed by atoms with van der Waals surface area (Å²) in [6, 6.07) is 23.0. The largest absolute Gasteiger partial charge is 0.314 e. The first-order valence-corrected chi connectivity index (χ1v) is 8.70. The first-order valence-electron chi connectivity index (χ1n) is 8.70. The number of hydrogen-bond acceptors (Lipinski definition) is 3. The zero-order valence-corrected chi connectivity index (χ0v) is 14.8. The molecule has 1 N–H and O–H groups in total. The van der Waals surface area contributed by atoms with Gasteiger partial charge in [0.1, 0.15) is 0 Å². The Labute approximate surface area is 151 Å². The Hall–Kier alpha value is -1.39. The summed E-state index contributed by atoms with van der Waals surface area (Å²) in [6.45, 7) is 7.01. The molecule has 2 saturated heterocycles. The molecule has 2 aromatic rings. The van der Waals surface area contributed by atoms with Crippen LogP contribution in [0.2, 0.25) is 0 Å². The van der Waals surface area contributed by atoms with Crippen LogP contribution in [0.4, 0.5) is 0 Å². The van der Waals surface area contributed by atoms with Gasteiger partial charge in [-0.3, -0.25) is 9.80 Å². The molecule has 0 amide bonds. The van der Waals surface area contributed by atoms with Crippen LogP contribution in [0.1, 0.15) is 17.2 Å². The van der Waals surface area contributed by atoms with Gasteiger partial charge in [-0.25, -0.2) is 0 Å². The van der Waals surface area contributed by atoms with Crippen LogP contribution in [-0.4, -0.2) is 55.1 Å². The highest BCUT2D eigenvalue weighted by molar-refractivity contribution is 5.85. The zero-order valence-electron chi connectivity index (χ0n) is 14.0. The quantitative estimate of drug-likeness (QED) is 0.921. The normalized spacial score (nSPS) is 19.7. The van der Waals surface area contributed by atoms with Gasteiger partial charge in [-0.1, -0.05) is 60.7 Å². The SMILES string of the molecule is Cl.c1ccc(C(c2ccccc2)N2CC(N3CCNCC3)C2)cc1. The molecule has 0 bridgehead atoms. The molecular weight excluding hydrogens is 318 g/mol. The molecule has 0 saturated carbocycles. The van der Waals surface area contributed by atoms with Crippen LogP contribution >= 0.6 is 12.4 Å². The van der Waals surface area contributed by atoms with Gasteiger partial charge in [0.15, 0.2) is 0 Å². The van der Waals surface area contributed by atoms with E-state index in [2.05, 4.69) is 75.8 Å². The fourth-order valence-corrected chi connectivity index (χ4v) is 3.86. The third-order valence-corrected chi connectivity index (χ3v) is 5.15. The number of benzene rings is 2. The van der Waals surface area contributed by atoms with Gasteiger partial charge < -0.3 is 5.32 Å². The van der Waals surface area contributed by atoms with E-state index in [-0.39, 0.29) is 12.4 Å². The Morgan fingerprint density at radius 3 is 1.79 bits per heavy atom. The summed E-state index contributed by atoms with van der Waals surface area (Å²) in [5.41, 5.74) is 2.80. The van der Waals surface area contributed by atoms with Gasteiger partial charge in [0, 0.05) is 45.3 Å². The zero-order chi connectivity index (χ0) is 15.5. The summed E-state index contributed by atoms with van der Waals surface area (Å²) in [4.78, 5) is 5.28. The van der Waals surface area contributed by atoms with E-state index >= 15 is 0 Å². The van der Waals surface area contributed by atoms with E-state index in [4.69, 9.17) is 0 Å². The summed E-state index contributed by atoms with van der Waals surface area (Å²) >= 11 is 0. The average Bonchev–Trinajstić information content (AvgIpc) is 2.60. The smallest absolute Gasteiger partial charge is 0.0602 e. The molecule has 2 heterocycles. The highest BCUT2D eigenvalue weighted by Crippen LogP contribution is 2.33. The molecule has 0 spiro atoms. The second-order valence-electron chi connectivity index (χ2n) is 6.62. The minimum absolute atomic E-state index is 0. The lowest BCUT2D eigenvalue weighted by molar-refractivity contribution is 0.00875. The van der Waals surface area contributed by atoms with Gasteiger partial charge in [0.05, 0.1) is 6.04 Å². The Balaban J connectivity index is 0.00000169. The highest BCUT2D eigenvalue weighted by Gasteiger charge is 2.37. The van der Waals surface area contributed by atoms with Crippen molar-refractivity contribution in [3.8, 4) is 0 Å². The molecule has 2 aromatic carbocycles. The van der Waals surface area contributed by atoms with E-state index in [0.717, 1.165) is 19.1 Å². The third kappa shape index (κ3) is 3.65. The lowest BCUT2D eigenvalue weighted by Crippen LogP contribution is -2.63. The fraction of sp³-hybridized carbons (Fsp3) is 0.400. The third-order valence-electron chi connectivity index (χ3n) is 5.15. The van der Waals surface area contributed by atoms with E-state index in [1.807, 2.05) is 0 Å². The van der Waals surface area contributed by atoms with Crippen LogP contribution in [0.5, 0.6) is 0 Å². The minimum Gasteiger partial charge on any atom is -0.314 e. The van der Waals surface area contributed by atoms with E-state index in [0.29, 0.717) is 6.04 Å². The van der Waals surface area contributed by atoms with Gasteiger partial charge in [-0.05, 0) is 11.1 Å². The van der Waals surface area contributed by atoms with E-state index in [1.54, 1.807) is 0 Å². The predicted molar refractivity (Wildman–Crippen MR) is 102 cm³/mol. The van der Waals surface area contributed by atoms with Crippen molar-refractivity contribution in [3.63, 3.8) is 0 Å². The van der Waals surface area contributed by atoms with Crippen molar-refractivity contribution in [2.75, 3.05) is 39.3 Å². The summed E-state index contributed by atoms with van der Waals surface area (Å²) < 4.78 is 0. The maximum Gasteiger partial charge on any atom is 0.0602 e. The molecule has 4 heteroatoms. The number of nitrogens with one attached hydrogen (secondary N) is 1. The molecule has 128 valence electrons. The maximum absolute atomic E-state index is 3.45. The lowest BCUT2D eigenvalue weighted by atomic mass is 9.92. The van der Waals surface area contributed by atoms with Gasteiger partial charge in [-0.15, -0.1) is 12.4 Å². The second kappa shape index (κ2) is 8.13. The first-order chi connectivity index (χ1) is 11.4. The number of halogens is 1. The highest BCUT2D eigenvalue weighted by atomic mass is 35.5. The molecule has 4 rings (SSSR count). The Bertz CT molecular complexity index is 568. The Morgan fingerprint density at radius 1 is 0.792 bits per heavy atom. The second-order valence-corrected chi connectivity index (χ2v) is 6.62. The fourth-order valence-electron chi connectivity index (χ4n) is 3.86. The lowest BCUT2D eigenvalue weighted by Gasteiger charge is -2.50. The summed E-state index contributed by atoms with van der Waals surface area (Å²) in [5.74, 6) is 0. The number of nitrogens with zero attached hydrogens (tertiary/aromatic N) is 2. The van der Waals surface area contributed by atoms with E-state index in [1.165, 1.54) is 37.3 Å². The van der Waals surface area contributed by atoms with Crippen LogP contribution in [0.15, 0.2) is 60.7 Å². The van der Waals surface area contributed by atoms with Crippen molar-refractivity contribution in [2.24, 2.45) is 0 Å². The molecule has 0 atom stereocenters. The standard InChI is InChI=1S/C20H25N3.ClH/c1-3-7-17(8-4-1)20(18-9-5-2-6-10-18)23-15-19(16-23)22-13-11-21-12-14-22;/h1-10,19-21H,11-16H2;1H. The molecule has 3 nitrogen and oxygen atoms in total. The number of piperazine rings is 1. The van der Waals surface area contributed by atoms with Gasteiger partial charge in [0.25, 0.3) is 0 Å². The summed E-state index contributed by atoms with van der Waals surface area (Å²) in [7, 11) is 0. The van der Waals surface area contributed by atoms with Crippen molar-refractivity contribution in [1.82, 2.24) is 15.1 Å². The molecule has 0 unspecified atom stereocenters. The van der Waals surface area contributed by atoms with Gasteiger partial charge in [0.2, 0.25) is 0 Å². The van der Waals surface area contributed by atoms with Crippen molar-refractivity contribution in [1.29, 1.82) is 0 Å². The molecule has 0 aliphatic carbocycles. The first kappa shape index (κ1) is 17.4. The van der Waals surface area contributed by atoms with Crippen LogP contribution in [0, 0.1) is 0 Å². The van der Waals surface area contributed by atoms with Crippen molar-refractivity contribution in [2.45, 2.75) is 12.1 Å². The van der Waals surface area contributed by atoms with Gasteiger partial charge >= 0.3 is 0 Å². The molecule has 2 fully saturated rings. The maximum atomic E-state index is 3.45. The van der Waals surface area contributed by atoms with Crippen molar-refractivity contribution < 1.29 is 0 Å². The number of hydrogen-bond donors (Lipinski definition) is 1. The van der Waals surface area contributed by atoms with Crippen LogP contribution in [0.3, 0.4) is 0 Å². The van der Waals surface area contributed by atoms with E-state index < -0.39 is 0 Å². The average molecular weight is 344 g/mol. The van der Waals surface area contributed by atoms with Crippen molar-refractivity contribution >= 4 is 12.4 Å². The molecule has 2 aliphatic rings. The van der Waals surface area contributed by atoms with Crippen LogP contribution < -0.4 is 5.32 Å². The molecule has 0 radical (unpaired) electrons. The Morgan fingerprint density at radius 2 is 1.29 bits per heavy atom. The molecule has 0 aromatic heterocycles. The Kier molecular flexibility index (Phi) is 5.90. The van der Waals surface area contributed by atoms with Crippen LogP contribution in [-0.2, 0) is 0 Å². The topological polar surface area (TPSA) is 18.5 Å². The molecule has 2 aliphatic heterocycles. The molecular formula is C20H26ClN3. The molecule has 24 heavy (non-hydrogen) atoms. The minimum atomic E-state index is 0. The van der Waals surface area contributed by atoms with Gasteiger partial charge in [-0.2, -0.15) is 0 Å². The van der Waals surface area contributed by atoms with Crippen LogP contribution in [0.25, 0.3) is 0 Å². The monoisotopic (exact) mass is 343 g/mol. The predicted octanol–water partition coefficient (Wildman–Crippen LogP) is 2.79. The van der Waals surface area contributed by atoms with Crippen molar-refractivity contribution in [3.05, 3.63) is 71.8 Å². The number of likely N-dealkylation sites (tertiary alicyclic amines) is 1.